The normalized spacial score (nSPS) is 16.1. The molecule has 34 heavy (non-hydrogen) atoms. The maximum absolute atomic E-state index is 13.3. The standard InChI is InChI=1S/C25H28BrN5O3/c1-25(2,3)34-24(33)30-7-5-6-15(12-30)20-10-16-8-17(9-19(26)22(16)28-20)23(32)31-13-18-11-27-29(4)21(18)14-31/h6,8-11,28H,5,7,12-14H2,1-4H3. The number of aromatic amines is 1. The first-order chi connectivity index (χ1) is 16.1. The summed E-state index contributed by atoms with van der Waals surface area (Å²) in [6.07, 6.45) is 4.45. The molecule has 3 aromatic rings. The number of hydrogen-bond donors (Lipinski definition) is 1. The van der Waals surface area contributed by atoms with Crippen LogP contribution in [0.1, 0.15) is 54.5 Å². The number of hydrogen-bond acceptors (Lipinski definition) is 4. The topological polar surface area (TPSA) is 83.5 Å². The van der Waals surface area contributed by atoms with Gasteiger partial charge in [0.25, 0.3) is 5.91 Å². The lowest BCUT2D eigenvalue weighted by molar-refractivity contribution is 0.0273. The SMILES string of the molecule is Cn1ncc2c1CN(C(=O)c1cc(Br)c3[nH]c(C4=CCCN(C(=O)OC(C)(C)C)C4)cc3c1)C2. The molecular weight excluding hydrogens is 498 g/mol. The summed E-state index contributed by atoms with van der Waals surface area (Å²) in [6.45, 7) is 7.86. The number of ether oxygens (including phenoxy) is 1. The van der Waals surface area contributed by atoms with Crippen LogP contribution in [-0.4, -0.2) is 55.3 Å². The largest absolute Gasteiger partial charge is 0.444 e. The molecule has 178 valence electrons. The van der Waals surface area contributed by atoms with Gasteiger partial charge in [-0.1, -0.05) is 6.08 Å². The number of carbonyl (C=O) groups is 2. The maximum Gasteiger partial charge on any atom is 0.410 e. The number of benzene rings is 1. The van der Waals surface area contributed by atoms with Gasteiger partial charge in [0, 0.05) is 46.8 Å². The van der Waals surface area contributed by atoms with Crippen molar-refractivity contribution in [1.29, 1.82) is 0 Å². The van der Waals surface area contributed by atoms with Crippen molar-refractivity contribution in [2.75, 3.05) is 13.1 Å². The molecule has 0 unspecified atom stereocenters. The van der Waals surface area contributed by atoms with E-state index in [0.717, 1.165) is 44.3 Å². The number of amides is 2. The molecule has 1 aromatic carbocycles. The number of fused-ring (bicyclic) bond motifs is 2. The van der Waals surface area contributed by atoms with Gasteiger partial charge in [-0.05, 0) is 66.9 Å². The van der Waals surface area contributed by atoms with Crippen molar-refractivity contribution in [3.05, 3.63) is 57.5 Å². The highest BCUT2D eigenvalue weighted by Crippen LogP contribution is 2.32. The van der Waals surface area contributed by atoms with E-state index in [1.165, 1.54) is 0 Å². The third-order valence-corrected chi connectivity index (χ3v) is 6.84. The van der Waals surface area contributed by atoms with E-state index in [9.17, 15) is 9.59 Å². The van der Waals surface area contributed by atoms with E-state index in [1.54, 1.807) is 4.90 Å². The quantitative estimate of drug-likeness (QED) is 0.518. The molecule has 2 aliphatic rings. The Kier molecular flexibility index (Phi) is 5.55. The van der Waals surface area contributed by atoms with Gasteiger partial charge in [0.1, 0.15) is 5.60 Å². The van der Waals surface area contributed by atoms with Crippen molar-refractivity contribution in [3.8, 4) is 0 Å². The lowest BCUT2D eigenvalue weighted by atomic mass is 10.1. The molecule has 0 bridgehead atoms. The number of carbonyl (C=O) groups excluding carboxylic acids is 2. The average molecular weight is 526 g/mol. The van der Waals surface area contributed by atoms with Gasteiger partial charge in [-0.15, -0.1) is 0 Å². The Morgan fingerprint density at radius 2 is 1.91 bits per heavy atom. The summed E-state index contributed by atoms with van der Waals surface area (Å²) >= 11 is 3.64. The third-order valence-electron chi connectivity index (χ3n) is 6.21. The Balaban J connectivity index is 1.37. The number of aromatic nitrogens is 3. The molecule has 8 nitrogen and oxygen atoms in total. The number of halogens is 1. The lowest BCUT2D eigenvalue weighted by Crippen LogP contribution is -2.39. The highest BCUT2D eigenvalue weighted by atomic mass is 79.9. The first-order valence-corrected chi connectivity index (χ1v) is 12.2. The van der Waals surface area contributed by atoms with Crippen LogP contribution >= 0.6 is 15.9 Å². The molecule has 0 fully saturated rings. The van der Waals surface area contributed by atoms with E-state index in [2.05, 4.69) is 32.1 Å². The van der Waals surface area contributed by atoms with Gasteiger partial charge in [-0.25, -0.2) is 4.79 Å². The van der Waals surface area contributed by atoms with Crippen LogP contribution in [-0.2, 0) is 24.9 Å². The Bertz CT molecular complexity index is 1330. The molecule has 2 aliphatic heterocycles. The Morgan fingerprint density at radius 1 is 1.12 bits per heavy atom. The third kappa shape index (κ3) is 4.24. The minimum atomic E-state index is -0.527. The fraction of sp³-hybridized carbons (Fsp3) is 0.400. The monoisotopic (exact) mass is 525 g/mol. The molecule has 0 saturated carbocycles. The van der Waals surface area contributed by atoms with E-state index < -0.39 is 5.60 Å². The Labute approximate surface area is 206 Å². The molecule has 9 heteroatoms. The first-order valence-electron chi connectivity index (χ1n) is 11.4. The van der Waals surface area contributed by atoms with Crippen LogP contribution in [0, 0.1) is 0 Å². The van der Waals surface area contributed by atoms with Crippen molar-refractivity contribution in [3.63, 3.8) is 0 Å². The van der Waals surface area contributed by atoms with Gasteiger partial charge < -0.3 is 19.5 Å². The lowest BCUT2D eigenvalue weighted by Gasteiger charge is -2.30. The molecule has 0 aliphatic carbocycles. The Morgan fingerprint density at radius 3 is 2.65 bits per heavy atom. The van der Waals surface area contributed by atoms with E-state index in [-0.39, 0.29) is 12.0 Å². The molecule has 0 atom stereocenters. The minimum Gasteiger partial charge on any atom is -0.444 e. The molecule has 2 amide bonds. The van der Waals surface area contributed by atoms with Gasteiger partial charge in [0.05, 0.1) is 30.5 Å². The van der Waals surface area contributed by atoms with Crippen molar-refractivity contribution >= 4 is 44.4 Å². The van der Waals surface area contributed by atoms with Gasteiger partial charge in [-0.3, -0.25) is 9.48 Å². The van der Waals surface area contributed by atoms with Crippen LogP contribution in [0.15, 0.2) is 34.9 Å². The molecule has 0 spiro atoms. The smallest absolute Gasteiger partial charge is 0.410 e. The van der Waals surface area contributed by atoms with Crippen molar-refractivity contribution < 1.29 is 14.3 Å². The van der Waals surface area contributed by atoms with Gasteiger partial charge in [0.2, 0.25) is 0 Å². The molecule has 2 aromatic heterocycles. The number of nitrogens with zero attached hydrogens (tertiary/aromatic N) is 4. The Hall–Kier alpha value is -3.07. The van der Waals surface area contributed by atoms with E-state index in [4.69, 9.17) is 4.74 Å². The van der Waals surface area contributed by atoms with E-state index in [1.807, 2.05) is 61.8 Å². The summed E-state index contributed by atoms with van der Waals surface area (Å²) in [5.74, 6) is -0.00506. The summed E-state index contributed by atoms with van der Waals surface area (Å²) < 4.78 is 8.21. The molecular formula is C25H28BrN5O3. The van der Waals surface area contributed by atoms with E-state index >= 15 is 0 Å². The van der Waals surface area contributed by atoms with Crippen molar-refractivity contribution in [2.24, 2.45) is 7.05 Å². The zero-order chi connectivity index (χ0) is 24.2. The van der Waals surface area contributed by atoms with Crippen LogP contribution in [0.3, 0.4) is 0 Å². The van der Waals surface area contributed by atoms with Crippen molar-refractivity contribution in [2.45, 2.75) is 45.9 Å². The van der Waals surface area contributed by atoms with Gasteiger partial charge in [-0.2, -0.15) is 5.10 Å². The second-order valence-electron chi connectivity index (χ2n) is 9.93. The predicted octanol–water partition coefficient (Wildman–Crippen LogP) is 4.84. The maximum atomic E-state index is 13.3. The van der Waals surface area contributed by atoms with Crippen LogP contribution in [0.2, 0.25) is 0 Å². The van der Waals surface area contributed by atoms with Gasteiger partial charge in [0.15, 0.2) is 0 Å². The van der Waals surface area contributed by atoms with Crippen molar-refractivity contribution in [1.82, 2.24) is 24.6 Å². The van der Waals surface area contributed by atoms with Crippen LogP contribution in [0.5, 0.6) is 0 Å². The first kappa shape index (κ1) is 22.7. The minimum absolute atomic E-state index is 0.00506. The predicted molar refractivity (Wildman–Crippen MR) is 133 cm³/mol. The highest BCUT2D eigenvalue weighted by Gasteiger charge is 2.28. The number of rotatable bonds is 2. The summed E-state index contributed by atoms with van der Waals surface area (Å²) in [5.41, 5.74) is 5.19. The summed E-state index contributed by atoms with van der Waals surface area (Å²) in [4.78, 5) is 32.9. The molecule has 0 radical (unpaired) electrons. The summed E-state index contributed by atoms with van der Waals surface area (Å²) in [5, 5.41) is 5.22. The highest BCUT2D eigenvalue weighted by molar-refractivity contribution is 9.10. The summed E-state index contributed by atoms with van der Waals surface area (Å²) in [7, 11) is 1.90. The van der Waals surface area contributed by atoms with Gasteiger partial charge >= 0.3 is 6.09 Å². The van der Waals surface area contributed by atoms with Crippen LogP contribution in [0.25, 0.3) is 16.5 Å². The fourth-order valence-corrected chi connectivity index (χ4v) is 5.11. The molecule has 0 saturated heterocycles. The fourth-order valence-electron chi connectivity index (χ4n) is 4.53. The zero-order valence-corrected chi connectivity index (χ0v) is 21.4. The summed E-state index contributed by atoms with van der Waals surface area (Å²) in [6, 6.07) is 5.84. The molecule has 1 N–H and O–H groups in total. The zero-order valence-electron chi connectivity index (χ0n) is 19.8. The van der Waals surface area contributed by atoms with Crippen LogP contribution < -0.4 is 0 Å². The second kappa shape index (κ2) is 8.30. The van der Waals surface area contributed by atoms with E-state index in [0.29, 0.717) is 31.7 Å². The van der Waals surface area contributed by atoms with Crippen LogP contribution in [0.4, 0.5) is 4.79 Å². The molecule has 5 rings (SSSR count). The molecule has 4 heterocycles. The number of H-pyrrole nitrogens is 1. The number of nitrogens with one attached hydrogen (secondary N) is 1. The number of aryl methyl sites for hydroxylation is 1. The second-order valence-corrected chi connectivity index (χ2v) is 10.8. The average Bonchev–Trinajstić information content (AvgIpc) is 3.48.